The highest BCUT2D eigenvalue weighted by Crippen LogP contribution is 2.37. The average molecular weight is 477 g/mol. The number of hydrogen-bond acceptors (Lipinski definition) is 5. The first-order valence-electron chi connectivity index (χ1n) is 10.2. The number of aromatic carboxylic acids is 1. The number of carboxylic acids is 1. The lowest BCUT2D eigenvalue weighted by Crippen LogP contribution is -2.23. The highest BCUT2D eigenvalue weighted by molar-refractivity contribution is 6.32. The van der Waals surface area contributed by atoms with Crippen molar-refractivity contribution in [1.82, 2.24) is 5.32 Å². The Bertz CT molecular complexity index is 1250. The maximum absolute atomic E-state index is 12.5. The van der Waals surface area contributed by atoms with Crippen molar-refractivity contribution in [2.45, 2.75) is 13.2 Å². The Morgan fingerprint density at radius 1 is 1.09 bits per heavy atom. The second kappa shape index (κ2) is 11.5. The molecule has 3 rings (SSSR count). The fourth-order valence-electron chi connectivity index (χ4n) is 3.05. The maximum Gasteiger partial charge on any atom is 0.335 e. The molecular formula is C26H21ClN2O5. The van der Waals surface area contributed by atoms with Crippen LogP contribution in [0, 0.1) is 11.3 Å². The summed E-state index contributed by atoms with van der Waals surface area (Å²) in [5.41, 5.74) is 2.25. The van der Waals surface area contributed by atoms with E-state index in [1.54, 1.807) is 24.3 Å². The van der Waals surface area contributed by atoms with Gasteiger partial charge in [-0.2, -0.15) is 5.26 Å². The summed E-state index contributed by atoms with van der Waals surface area (Å²) >= 11 is 6.40. The first-order chi connectivity index (χ1) is 16.4. The van der Waals surface area contributed by atoms with Gasteiger partial charge in [0.2, 0.25) is 0 Å². The molecule has 2 N–H and O–H groups in total. The van der Waals surface area contributed by atoms with Gasteiger partial charge in [-0.1, -0.05) is 54.1 Å². The van der Waals surface area contributed by atoms with E-state index in [1.165, 1.54) is 25.3 Å². The second-order valence-electron chi connectivity index (χ2n) is 7.16. The van der Waals surface area contributed by atoms with E-state index in [0.29, 0.717) is 17.9 Å². The van der Waals surface area contributed by atoms with Crippen molar-refractivity contribution in [2.75, 3.05) is 7.11 Å². The number of nitriles is 1. The third-order valence-electron chi connectivity index (χ3n) is 4.81. The summed E-state index contributed by atoms with van der Waals surface area (Å²) in [6.07, 6.45) is 1.42. The maximum atomic E-state index is 12.5. The average Bonchev–Trinajstić information content (AvgIpc) is 2.85. The molecule has 0 radical (unpaired) electrons. The predicted molar refractivity (Wildman–Crippen MR) is 128 cm³/mol. The number of benzene rings is 3. The zero-order valence-electron chi connectivity index (χ0n) is 18.2. The van der Waals surface area contributed by atoms with Crippen LogP contribution in [0.15, 0.2) is 72.3 Å². The minimum Gasteiger partial charge on any atom is -0.493 e. The van der Waals surface area contributed by atoms with Gasteiger partial charge < -0.3 is 19.9 Å². The Kier molecular flexibility index (Phi) is 8.27. The zero-order chi connectivity index (χ0) is 24.5. The number of halogens is 1. The topological polar surface area (TPSA) is 109 Å². The molecule has 3 aromatic carbocycles. The molecule has 0 unspecified atom stereocenters. The third kappa shape index (κ3) is 6.37. The summed E-state index contributed by atoms with van der Waals surface area (Å²) in [4.78, 5) is 23.4. The lowest BCUT2D eigenvalue weighted by Gasteiger charge is -2.14. The van der Waals surface area contributed by atoms with E-state index in [1.807, 2.05) is 36.4 Å². The SMILES string of the molecule is COc1cc(C=C(C#N)C(=O)NCc2ccccc2)cc(Cl)c1OCc1ccc(C(=O)O)cc1. The molecule has 0 fully saturated rings. The summed E-state index contributed by atoms with van der Waals surface area (Å²) in [6, 6.07) is 20.7. The fraction of sp³-hybridized carbons (Fsp3) is 0.115. The standard InChI is InChI=1S/C26H21ClN2O5/c1-33-23-13-19(11-21(14-28)25(30)29-15-17-5-3-2-4-6-17)12-22(27)24(23)34-16-18-7-9-20(10-8-18)26(31)32/h2-13H,15-16H2,1H3,(H,29,30)(H,31,32). The summed E-state index contributed by atoms with van der Waals surface area (Å²) in [5.74, 6) is -0.906. The molecule has 1 amide bonds. The summed E-state index contributed by atoms with van der Waals surface area (Å²) in [5, 5.41) is 21.4. The molecule has 8 heteroatoms. The van der Waals surface area contributed by atoms with E-state index in [-0.39, 0.29) is 28.5 Å². The number of rotatable bonds is 9. The lowest BCUT2D eigenvalue weighted by atomic mass is 10.1. The molecule has 0 atom stereocenters. The van der Waals surface area contributed by atoms with Crippen LogP contribution in [-0.2, 0) is 17.9 Å². The van der Waals surface area contributed by atoms with Crippen LogP contribution >= 0.6 is 11.6 Å². The number of carboxylic acid groups (broad SMARTS) is 1. The largest absolute Gasteiger partial charge is 0.493 e. The molecule has 0 aliphatic rings. The van der Waals surface area contributed by atoms with Crippen molar-refractivity contribution in [3.63, 3.8) is 0 Å². The van der Waals surface area contributed by atoms with Crippen molar-refractivity contribution >= 4 is 29.6 Å². The number of nitrogens with zero attached hydrogens (tertiary/aromatic N) is 1. The van der Waals surface area contributed by atoms with E-state index in [0.717, 1.165) is 11.1 Å². The van der Waals surface area contributed by atoms with Gasteiger partial charge in [0.25, 0.3) is 5.91 Å². The van der Waals surface area contributed by atoms with Crippen molar-refractivity contribution in [1.29, 1.82) is 5.26 Å². The molecule has 0 aliphatic carbocycles. The number of carbonyl (C=O) groups is 2. The van der Waals surface area contributed by atoms with Gasteiger partial charge in [0.05, 0.1) is 17.7 Å². The van der Waals surface area contributed by atoms with E-state index < -0.39 is 11.9 Å². The summed E-state index contributed by atoms with van der Waals surface area (Å²) in [6.45, 7) is 0.430. The highest BCUT2D eigenvalue weighted by Gasteiger charge is 2.14. The molecule has 34 heavy (non-hydrogen) atoms. The summed E-state index contributed by atoms with van der Waals surface area (Å²) in [7, 11) is 1.45. The highest BCUT2D eigenvalue weighted by atomic mass is 35.5. The van der Waals surface area contributed by atoms with Crippen LogP contribution < -0.4 is 14.8 Å². The first kappa shape index (κ1) is 24.4. The van der Waals surface area contributed by atoms with Crippen molar-refractivity contribution in [3.05, 3.63) is 99.6 Å². The van der Waals surface area contributed by atoms with Crippen LogP contribution in [0.3, 0.4) is 0 Å². The monoisotopic (exact) mass is 476 g/mol. The van der Waals surface area contributed by atoms with Crippen LogP contribution in [0.5, 0.6) is 11.5 Å². The molecule has 0 aromatic heterocycles. The Morgan fingerprint density at radius 3 is 2.41 bits per heavy atom. The molecule has 0 aliphatic heterocycles. The molecule has 0 saturated carbocycles. The third-order valence-corrected chi connectivity index (χ3v) is 5.09. The normalized spacial score (nSPS) is 10.8. The van der Waals surface area contributed by atoms with E-state index in [9.17, 15) is 14.9 Å². The van der Waals surface area contributed by atoms with Gasteiger partial charge in [0.15, 0.2) is 11.5 Å². The van der Waals surface area contributed by atoms with Gasteiger partial charge in [-0.05, 0) is 47.0 Å². The van der Waals surface area contributed by atoms with Gasteiger partial charge in [-0.15, -0.1) is 0 Å². The van der Waals surface area contributed by atoms with Gasteiger partial charge in [0.1, 0.15) is 18.2 Å². The van der Waals surface area contributed by atoms with Gasteiger partial charge >= 0.3 is 5.97 Å². The predicted octanol–water partition coefficient (Wildman–Crippen LogP) is 4.85. The van der Waals surface area contributed by atoms with Gasteiger partial charge in [-0.25, -0.2) is 4.79 Å². The molecule has 0 saturated heterocycles. The molecule has 0 heterocycles. The van der Waals surface area contributed by atoms with Crippen molar-refractivity contribution in [3.8, 4) is 17.6 Å². The number of amides is 1. The lowest BCUT2D eigenvalue weighted by molar-refractivity contribution is -0.117. The fourth-order valence-corrected chi connectivity index (χ4v) is 3.32. The number of ether oxygens (including phenoxy) is 2. The van der Waals surface area contributed by atoms with E-state index in [2.05, 4.69) is 5.32 Å². The Hall–Kier alpha value is -4.28. The molecule has 172 valence electrons. The number of methoxy groups -OCH3 is 1. The first-order valence-corrected chi connectivity index (χ1v) is 10.6. The van der Waals surface area contributed by atoms with Crippen LogP contribution in [0.4, 0.5) is 0 Å². The summed E-state index contributed by atoms with van der Waals surface area (Å²) < 4.78 is 11.2. The van der Waals surface area contributed by atoms with Gasteiger partial charge in [-0.3, -0.25) is 4.79 Å². The smallest absolute Gasteiger partial charge is 0.335 e. The van der Waals surface area contributed by atoms with E-state index in [4.69, 9.17) is 26.2 Å². The van der Waals surface area contributed by atoms with Gasteiger partial charge in [0, 0.05) is 6.54 Å². The minimum absolute atomic E-state index is 0.0822. The molecule has 7 nitrogen and oxygen atoms in total. The minimum atomic E-state index is -1.01. The number of hydrogen-bond donors (Lipinski definition) is 2. The Morgan fingerprint density at radius 2 is 1.79 bits per heavy atom. The van der Waals surface area contributed by atoms with Crippen LogP contribution in [-0.4, -0.2) is 24.1 Å². The van der Waals surface area contributed by atoms with Crippen molar-refractivity contribution in [2.24, 2.45) is 0 Å². The van der Waals surface area contributed by atoms with Crippen LogP contribution in [0.25, 0.3) is 6.08 Å². The number of nitrogens with one attached hydrogen (secondary N) is 1. The zero-order valence-corrected chi connectivity index (χ0v) is 19.0. The van der Waals surface area contributed by atoms with Crippen LogP contribution in [0.1, 0.15) is 27.0 Å². The molecule has 3 aromatic rings. The Balaban J connectivity index is 1.74. The number of carbonyl (C=O) groups excluding carboxylic acids is 1. The second-order valence-corrected chi connectivity index (χ2v) is 7.57. The molecule has 0 spiro atoms. The van der Waals surface area contributed by atoms with E-state index >= 15 is 0 Å². The van der Waals surface area contributed by atoms with Crippen molar-refractivity contribution < 1.29 is 24.2 Å². The quantitative estimate of drug-likeness (QED) is 0.337. The Labute approximate surface area is 201 Å². The van der Waals surface area contributed by atoms with Crippen LogP contribution in [0.2, 0.25) is 5.02 Å². The molecular weight excluding hydrogens is 456 g/mol. The molecule has 0 bridgehead atoms.